The van der Waals surface area contributed by atoms with E-state index in [1.165, 1.54) is 44.3 Å². The van der Waals surface area contributed by atoms with Crippen LogP contribution in [0.2, 0.25) is 0 Å². The van der Waals surface area contributed by atoms with Crippen LogP contribution in [-0.2, 0) is 6.42 Å². The van der Waals surface area contributed by atoms with Gasteiger partial charge in [-0.05, 0) is 44.7 Å². The fraction of sp³-hybridized carbons (Fsp3) is 0.632. The molecule has 0 aliphatic carbocycles. The van der Waals surface area contributed by atoms with Crippen molar-refractivity contribution >= 4 is 5.96 Å². The van der Waals surface area contributed by atoms with Gasteiger partial charge in [0.05, 0.1) is 0 Å². The molecule has 128 valence electrons. The molecule has 0 spiro atoms. The SMILES string of the molecule is CN=C(NCCCN1CCCCC1C)NCCc1ccccc1. The van der Waals surface area contributed by atoms with Crippen molar-refractivity contribution < 1.29 is 0 Å². The number of nitrogens with zero attached hydrogens (tertiary/aromatic N) is 2. The fourth-order valence-corrected chi connectivity index (χ4v) is 3.17. The minimum atomic E-state index is 0.757. The van der Waals surface area contributed by atoms with E-state index >= 15 is 0 Å². The zero-order chi connectivity index (χ0) is 16.3. The summed E-state index contributed by atoms with van der Waals surface area (Å²) >= 11 is 0. The Labute approximate surface area is 141 Å². The first-order valence-electron chi connectivity index (χ1n) is 9.02. The highest BCUT2D eigenvalue weighted by molar-refractivity contribution is 5.79. The second-order valence-electron chi connectivity index (χ2n) is 6.40. The molecule has 1 atom stereocenters. The predicted octanol–water partition coefficient (Wildman–Crippen LogP) is 2.66. The van der Waals surface area contributed by atoms with Crippen LogP contribution in [0.4, 0.5) is 0 Å². The molecule has 1 saturated heterocycles. The van der Waals surface area contributed by atoms with Crippen molar-refractivity contribution in [3.8, 4) is 0 Å². The quantitative estimate of drug-likeness (QED) is 0.461. The van der Waals surface area contributed by atoms with E-state index in [9.17, 15) is 0 Å². The molecular formula is C19H32N4. The Kier molecular flexibility index (Phi) is 7.95. The molecule has 0 radical (unpaired) electrons. The topological polar surface area (TPSA) is 39.7 Å². The van der Waals surface area contributed by atoms with Gasteiger partial charge in [-0.3, -0.25) is 4.99 Å². The summed E-state index contributed by atoms with van der Waals surface area (Å²) in [6.45, 7) is 6.71. The molecule has 4 nitrogen and oxygen atoms in total. The van der Waals surface area contributed by atoms with Gasteiger partial charge in [0.1, 0.15) is 0 Å². The second kappa shape index (κ2) is 10.3. The number of hydrogen-bond donors (Lipinski definition) is 2. The van der Waals surface area contributed by atoms with Crippen LogP contribution >= 0.6 is 0 Å². The summed E-state index contributed by atoms with van der Waals surface area (Å²) in [6.07, 6.45) is 6.31. The monoisotopic (exact) mass is 316 g/mol. The minimum absolute atomic E-state index is 0.757. The summed E-state index contributed by atoms with van der Waals surface area (Å²) < 4.78 is 0. The summed E-state index contributed by atoms with van der Waals surface area (Å²) in [5.74, 6) is 0.910. The van der Waals surface area contributed by atoms with Crippen molar-refractivity contribution in [2.24, 2.45) is 4.99 Å². The van der Waals surface area contributed by atoms with E-state index < -0.39 is 0 Å². The van der Waals surface area contributed by atoms with Crippen molar-refractivity contribution in [2.45, 2.75) is 45.1 Å². The van der Waals surface area contributed by atoms with Gasteiger partial charge < -0.3 is 15.5 Å². The summed E-state index contributed by atoms with van der Waals surface area (Å²) in [6, 6.07) is 11.3. The summed E-state index contributed by atoms with van der Waals surface area (Å²) in [5.41, 5.74) is 1.36. The number of likely N-dealkylation sites (tertiary alicyclic amines) is 1. The molecule has 0 aromatic heterocycles. The molecule has 2 N–H and O–H groups in total. The van der Waals surface area contributed by atoms with Crippen LogP contribution in [-0.4, -0.2) is 50.1 Å². The van der Waals surface area contributed by atoms with E-state index in [1.807, 2.05) is 7.05 Å². The van der Waals surface area contributed by atoms with Gasteiger partial charge in [0.15, 0.2) is 5.96 Å². The van der Waals surface area contributed by atoms with E-state index in [2.05, 4.69) is 57.8 Å². The molecule has 1 aromatic carbocycles. The van der Waals surface area contributed by atoms with Crippen LogP contribution in [0.15, 0.2) is 35.3 Å². The van der Waals surface area contributed by atoms with Gasteiger partial charge in [-0.1, -0.05) is 36.8 Å². The smallest absolute Gasteiger partial charge is 0.190 e. The van der Waals surface area contributed by atoms with E-state index in [4.69, 9.17) is 0 Å². The highest BCUT2D eigenvalue weighted by Crippen LogP contribution is 2.15. The lowest BCUT2D eigenvalue weighted by atomic mass is 10.0. The highest BCUT2D eigenvalue weighted by Gasteiger charge is 2.16. The van der Waals surface area contributed by atoms with E-state index in [0.717, 1.165) is 31.5 Å². The number of aliphatic imine (C=N–C) groups is 1. The van der Waals surface area contributed by atoms with Crippen molar-refractivity contribution in [2.75, 3.05) is 33.2 Å². The van der Waals surface area contributed by atoms with Crippen molar-refractivity contribution in [1.82, 2.24) is 15.5 Å². The standard InChI is InChI=1S/C19H32N4/c1-17-9-6-7-15-23(17)16-8-13-21-19(20-2)22-14-12-18-10-4-3-5-11-18/h3-5,10-11,17H,6-9,12-16H2,1-2H3,(H2,20,21,22). The lowest BCUT2D eigenvalue weighted by Crippen LogP contribution is -2.41. The van der Waals surface area contributed by atoms with Crippen molar-refractivity contribution in [3.63, 3.8) is 0 Å². The van der Waals surface area contributed by atoms with Gasteiger partial charge >= 0.3 is 0 Å². The van der Waals surface area contributed by atoms with Crippen LogP contribution in [0.25, 0.3) is 0 Å². The van der Waals surface area contributed by atoms with Crippen molar-refractivity contribution in [3.05, 3.63) is 35.9 Å². The van der Waals surface area contributed by atoms with Gasteiger partial charge in [0.25, 0.3) is 0 Å². The maximum Gasteiger partial charge on any atom is 0.190 e. The third kappa shape index (κ3) is 6.61. The third-order valence-corrected chi connectivity index (χ3v) is 4.63. The molecule has 0 amide bonds. The normalized spacial score (nSPS) is 19.6. The molecule has 0 bridgehead atoms. The van der Waals surface area contributed by atoms with Crippen LogP contribution in [0.5, 0.6) is 0 Å². The van der Waals surface area contributed by atoms with Crippen LogP contribution in [0.3, 0.4) is 0 Å². The molecule has 1 heterocycles. The molecule has 23 heavy (non-hydrogen) atoms. The molecule has 4 heteroatoms. The van der Waals surface area contributed by atoms with Crippen molar-refractivity contribution in [1.29, 1.82) is 0 Å². The molecule has 1 aliphatic rings. The van der Waals surface area contributed by atoms with E-state index in [1.54, 1.807) is 0 Å². The molecular weight excluding hydrogens is 284 g/mol. The third-order valence-electron chi connectivity index (χ3n) is 4.63. The Hall–Kier alpha value is -1.55. The van der Waals surface area contributed by atoms with Gasteiger partial charge in [0, 0.05) is 32.7 Å². The van der Waals surface area contributed by atoms with Gasteiger partial charge in [0.2, 0.25) is 0 Å². The number of guanidine groups is 1. The number of piperidine rings is 1. The molecule has 0 saturated carbocycles. The first kappa shape index (κ1) is 17.8. The van der Waals surface area contributed by atoms with Crippen LogP contribution < -0.4 is 10.6 Å². The predicted molar refractivity (Wildman–Crippen MR) is 99.0 cm³/mol. The summed E-state index contributed by atoms with van der Waals surface area (Å²) in [5, 5.41) is 6.81. The maximum absolute atomic E-state index is 4.30. The maximum atomic E-state index is 4.30. The van der Waals surface area contributed by atoms with E-state index in [0.29, 0.717) is 0 Å². The fourth-order valence-electron chi connectivity index (χ4n) is 3.17. The number of rotatable bonds is 7. The zero-order valence-electron chi connectivity index (χ0n) is 14.7. The largest absolute Gasteiger partial charge is 0.356 e. The summed E-state index contributed by atoms with van der Waals surface area (Å²) in [4.78, 5) is 6.92. The Morgan fingerprint density at radius 1 is 1.17 bits per heavy atom. The zero-order valence-corrected chi connectivity index (χ0v) is 14.7. The second-order valence-corrected chi connectivity index (χ2v) is 6.40. The van der Waals surface area contributed by atoms with Crippen LogP contribution in [0, 0.1) is 0 Å². The Bertz CT molecular complexity index is 458. The number of benzene rings is 1. The first-order chi connectivity index (χ1) is 11.3. The van der Waals surface area contributed by atoms with Gasteiger partial charge in [-0.25, -0.2) is 0 Å². The summed E-state index contributed by atoms with van der Waals surface area (Å²) in [7, 11) is 1.84. The Morgan fingerprint density at radius 2 is 1.96 bits per heavy atom. The highest BCUT2D eigenvalue weighted by atomic mass is 15.2. The first-order valence-corrected chi connectivity index (χ1v) is 9.02. The lowest BCUT2D eigenvalue weighted by Gasteiger charge is -2.33. The lowest BCUT2D eigenvalue weighted by molar-refractivity contribution is 0.159. The number of hydrogen-bond acceptors (Lipinski definition) is 2. The van der Waals surface area contributed by atoms with Gasteiger partial charge in [-0.15, -0.1) is 0 Å². The molecule has 1 aliphatic heterocycles. The average Bonchev–Trinajstić information content (AvgIpc) is 2.59. The molecule has 1 aromatic rings. The number of nitrogens with one attached hydrogen (secondary N) is 2. The Balaban J connectivity index is 1.57. The average molecular weight is 316 g/mol. The minimum Gasteiger partial charge on any atom is -0.356 e. The molecule has 2 rings (SSSR count). The van der Waals surface area contributed by atoms with Crippen LogP contribution in [0.1, 0.15) is 38.2 Å². The molecule has 1 unspecified atom stereocenters. The molecule has 1 fully saturated rings. The van der Waals surface area contributed by atoms with Gasteiger partial charge in [-0.2, -0.15) is 0 Å². The Morgan fingerprint density at radius 3 is 2.70 bits per heavy atom. The van der Waals surface area contributed by atoms with E-state index in [-0.39, 0.29) is 0 Å².